The number of rotatable bonds is 6. The van der Waals surface area contributed by atoms with Crippen LogP contribution >= 0.6 is 0 Å². The standard InChI is InChI=1S/C11H17N5O3/c1-4-16(5-2)8-13-10(17)9(6-12)7-14-15-11(18)19-3/h7-8,17H,4-5H2,1-3H3,(H,15,18). The first kappa shape index (κ1) is 16.4. The minimum Gasteiger partial charge on any atom is -0.492 e. The van der Waals surface area contributed by atoms with Gasteiger partial charge in [0, 0.05) is 13.1 Å². The number of nitrogens with zero attached hydrogens (tertiary/aromatic N) is 4. The van der Waals surface area contributed by atoms with Crippen molar-refractivity contribution in [3.63, 3.8) is 0 Å². The summed E-state index contributed by atoms with van der Waals surface area (Å²) in [5.74, 6) is -0.482. The van der Waals surface area contributed by atoms with E-state index < -0.39 is 12.0 Å². The molecule has 0 aromatic carbocycles. The molecule has 1 amide bonds. The Hall–Kier alpha value is -2.56. The Morgan fingerprint density at radius 3 is 2.63 bits per heavy atom. The van der Waals surface area contributed by atoms with E-state index in [2.05, 4.69) is 14.8 Å². The van der Waals surface area contributed by atoms with E-state index in [4.69, 9.17) is 5.26 Å². The fourth-order valence-corrected chi connectivity index (χ4v) is 0.925. The number of hydrazone groups is 1. The van der Waals surface area contributed by atoms with Gasteiger partial charge in [0.1, 0.15) is 11.6 Å². The smallest absolute Gasteiger partial charge is 0.427 e. The molecule has 0 unspecified atom stereocenters. The van der Waals surface area contributed by atoms with E-state index in [-0.39, 0.29) is 5.57 Å². The van der Waals surface area contributed by atoms with Crippen LogP contribution in [0, 0.1) is 11.3 Å². The molecule has 0 aliphatic rings. The molecule has 104 valence electrons. The van der Waals surface area contributed by atoms with Crippen LogP contribution in [-0.2, 0) is 4.74 Å². The number of amides is 1. The first-order valence-corrected chi connectivity index (χ1v) is 5.57. The van der Waals surface area contributed by atoms with E-state index >= 15 is 0 Å². The molecule has 0 aliphatic carbocycles. The van der Waals surface area contributed by atoms with Crippen LogP contribution in [0.2, 0.25) is 0 Å². The van der Waals surface area contributed by atoms with Gasteiger partial charge >= 0.3 is 6.09 Å². The molecule has 0 aromatic rings. The zero-order chi connectivity index (χ0) is 14.7. The molecule has 0 aliphatic heterocycles. The molecule has 0 spiro atoms. The summed E-state index contributed by atoms with van der Waals surface area (Å²) >= 11 is 0. The van der Waals surface area contributed by atoms with Crippen molar-refractivity contribution >= 4 is 18.6 Å². The van der Waals surface area contributed by atoms with Crippen molar-refractivity contribution in [3.05, 3.63) is 11.5 Å². The molecule has 0 aromatic heterocycles. The molecule has 0 saturated carbocycles. The van der Waals surface area contributed by atoms with Crippen LogP contribution in [0.3, 0.4) is 0 Å². The van der Waals surface area contributed by atoms with Crippen LogP contribution in [0.4, 0.5) is 4.79 Å². The lowest BCUT2D eigenvalue weighted by Gasteiger charge is -2.12. The van der Waals surface area contributed by atoms with Crippen molar-refractivity contribution in [1.82, 2.24) is 10.3 Å². The van der Waals surface area contributed by atoms with Crippen LogP contribution < -0.4 is 5.43 Å². The average Bonchev–Trinajstić information content (AvgIpc) is 2.44. The molecule has 0 heterocycles. The first-order valence-electron chi connectivity index (χ1n) is 5.57. The van der Waals surface area contributed by atoms with Gasteiger partial charge in [0.25, 0.3) is 0 Å². The maximum Gasteiger partial charge on any atom is 0.427 e. The third-order valence-corrected chi connectivity index (χ3v) is 2.05. The highest BCUT2D eigenvalue weighted by molar-refractivity contribution is 5.85. The molecule has 0 bridgehead atoms. The van der Waals surface area contributed by atoms with Gasteiger partial charge in [-0.2, -0.15) is 10.4 Å². The van der Waals surface area contributed by atoms with Gasteiger partial charge < -0.3 is 14.7 Å². The third-order valence-electron chi connectivity index (χ3n) is 2.05. The van der Waals surface area contributed by atoms with Crippen molar-refractivity contribution in [3.8, 4) is 6.07 Å². The molecule has 19 heavy (non-hydrogen) atoms. The second kappa shape index (κ2) is 9.47. The number of nitrogens with one attached hydrogen (secondary N) is 1. The number of carbonyl (C=O) groups excluding carboxylic acids is 1. The second-order valence-electron chi connectivity index (χ2n) is 3.18. The van der Waals surface area contributed by atoms with Crippen LogP contribution in [0.25, 0.3) is 0 Å². The number of aliphatic hydroxyl groups is 1. The van der Waals surface area contributed by atoms with Crippen molar-refractivity contribution in [2.75, 3.05) is 20.2 Å². The molecular weight excluding hydrogens is 250 g/mol. The van der Waals surface area contributed by atoms with Gasteiger partial charge in [0.15, 0.2) is 0 Å². The molecular formula is C11H17N5O3. The van der Waals surface area contributed by atoms with Gasteiger partial charge in [-0.1, -0.05) is 0 Å². The lowest BCUT2D eigenvalue weighted by Crippen LogP contribution is -2.20. The minimum absolute atomic E-state index is 0.181. The number of hydrogen-bond donors (Lipinski definition) is 2. The molecule has 2 N–H and O–H groups in total. The van der Waals surface area contributed by atoms with Gasteiger partial charge in [-0.25, -0.2) is 15.2 Å². The summed E-state index contributed by atoms with van der Waals surface area (Å²) in [6, 6.07) is 1.71. The second-order valence-corrected chi connectivity index (χ2v) is 3.18. The molecule has 0 rings (SSSR count). The normalized spacial score (nSPS) is 12.1. The molecule has 0 atom stereocenters. The number of methoxy groups -OCH3 is 1. The monoisotopic (exact) mass is 267 g/mol. The highest BCUT2D eigenvalue weighted by Crippen LogP contribution is 1.99. The number of hydrogen-bond acceptors (Lipinski definition) is 6. The number of aliphatic hydroxyl groups excluding tert-OH is 1. The van der Waals surface area contributed by atoms with Crippen LogP contribution in [0.15, 0.2) is 21.6 Å². The van der Waals surface area contributed by atoms with Crippen LogP contribution in [0.1, 0.15) is 13.8 Å². The highest BCUT2D eigenvalue weighted by Gasteiger charge is 2.02. The topological polar surface area (TPSA) is 110 Å². The Bertz CT molecular complexity index is 419. The van der Waals surface area contributed by atoms with Crippen LogP contribution in [0.5, 0.6) is 0 Å². The highest BCUT2D eigenvalue weighted by atomic mass is 16.5. The Morgan fingerprint density at radius 2 is 2.16 bits per heavy atom. The SMILES string of the molecule is CCN(C=NC(O)=C(C#N)C=NNC(=O)OC)CC. The number of carbonyl (C=O) groups is 1. The lowest BCUT2D eigenvalue weighted by atomic mass is 10.3. The summed E-state index contributed by atoms with van der Waals surface area (Å²) in [5, 5.41) is 21.8. The van der Waals surface area contributed by atoms with E-state index in [1.807, 2.05) is 24.2 Å². The van der Waals surface area contributed by atoms with Crippen molar-refractivity contribution in [1.29, 1.82) is 5.26 Å². The van der Waals surface area contributed by atoms with Gasteiger partial charge in [0.2, 0.25) is 5.88 Å². The van der Waals surface area contributed by atoms with Gasteiger partial charge in [-0.15, -0.1) is 0 Å². The van der Waals surface area contributed by atoms with Crippen molar-refractivity contribution < 1.29 is 14.6 Å². The predicted molar refractivity (Wildman–Crippen MR) is 70.7 cm³/mol. The first-order chi connectivity index (χ1) is 9.08. The maximum atomic E-state index is 10.7. The lowest BCUT2D eigenvalue weighted by molar-refractivity contribution is 0.171. The Morgan fingerprint density at radius 1 is 1.53 bits per heavy atom. The number of ether oxygens (including phenoxy) is 1. The van der Waals surface area contributed by atoms with Gasteiger partial charge in [-0.3, -0.25) is 0 Å². The van der Waals surface area contributed by atoms with Crippen molar-refractivity contribution in [2.45, 2.75) is 13.8 Å². The quantitative estimate of drug-likeness (QED) is 0.245. The van der Waals surface area contributed by atoms with Gasteiger partial charge in [-0.05, 0) is 13.8 Å². The zero-order valence-electron chi connectivity index (χ0n) is 11.1. The van der Waals surface area contributed by atoms with E-state index in [1.165, 1.54) is 13.4 Å². The molecule has 0 fully saturated rings. The zero-order valence-corrected chi connectivity index (χ0v) is 11.1. The van der Waals surface area contributed by atoms with Crippen molar-refractivity contribution in [2.24, 2.45) is 10.1 Å². The van der Waals surface area contributed by atoms with Gasteiger partial charge in [0.05, 0.1) is 19.7 Å². The Balaban J connectivity index is 4.76. The predicted octanol–water partition coefficient (Wildman–Crippen LogP) is 0.991. The van der Waals surface area contributed by atoms with Crippen LogP contribution in [-0.4, -0.2) is 48.9 Å². The summed E-state index contributed by atoms with van der Waals surface area (Å²) in [7, 11) is 1.18. The maximum absolute atomic E-state index is 10.7. The van der Waals surface area contributed by atoms with E-state index in [1.54, 1.807) is 6.07 Å². The fourth-order valence-electron chi connectivity index (χ4n) is 0.925. The number of nitriles is 1. The summed E-state index contributed by atoms with van der Waals surface area (Å²) in [5.41, 5.74) is 1.81. The largest absolute Gasteiger partial charge is 0.492 e. The molecule has 8 heteroatoms. The van der Waals surface area contributed by atoms with E-state index in [9.17, 15) is 9.90 Å². The Kier molecular flexibility index (Phi) is 8.19. The Labute approximate surface area is 111 Å². The average molecular weight is 267 g/mol. The summed E-state index contributed by atoms with van der Waals surface area (Å²) < 4.78 is 4.27. The summed E-state index contributed by atoms with van der Waals surface area (Å²) in [6.07, 6.45) is 1.62. The molecule has 0 radical (unpaired) electrons. The summed E-state index contributed by atoms with van der Waals surface area (Å²) in [4.78, 5) is 16.3. The fraction of sp³-hybridized carbons (Fsp3) is 0.455. The number of allylic oxidation sites excluding steroid dienone is 1. The summed E-state index contributed by atoms with van der Waals surface area (Å²) in [6.45, 7) is 5.33. The number of aliphatic imine (C=N–C) groups is 1. The third kappa shape index (κ3) is 6.68. The molecule has 0 saturated heterocycles. The minimum atomic E-state index is -0.778. The van der Waals surface area contributed by atoms with E-state index in [0.717, 1.165) is 19.3 Å². The molecule has 8 nitrogen and oxygen atoms in total. The van der Waals surface area contributed by atoms with E-state index in [0.29, 0.717) is 0 Å².